The van der Waals surface area contributed by atoms with Crippen LogP contribution in [0, 0.1) is 0 Å². The minimum absolute atomic E-state index is 0.0708. The Bertz CT molecular complexity index is 769. The number of pyridine rings is 1. The fourth-order valence-electron chi connectivity index (χ4n) is 3.53. The fraction of sp³-hybridized carbons (Fsp3) is 0.400. The van der Waals surface area contributed by atoms with Crippen molar-refractivity contribution in [2.24, 2.45) is 0 Å². The van der Waals surface area contributed by atoms with Gasteiger partial charge in [-0.15, -0.1) is 0 Å². The molecule has 2 heterocycles. The van der Waals surface area contributed by atoms with E-state index in [4.69, 9.17) is 0 Å². The van der Waals surface area contributed by atoms with Crippen molar-refractivity contribution in [3.05, 3.63) is 65.5 Å². The summed E-state index contributed by atoms with van der Waals surface area (Å²) in [7, 11) is 0. The van der Waals surface area contributed by atoms with Crippen molar-refractivity contribution in [2.75, 3.05) is 13.1 Å². The Morgan fingerprint density at radius 1 is 1.11 bits per heavy atom. The van der Waals surface area contributed by atoms with Crippen LogP contribution in [0.5, 0.6) is 0 Å². The fourth-order valence-corrected chi connectivity index (χ4v) is 3.53. The second-order valence-electron chi connectivity index (χ2n) is 6.76. The molecule has 27 heavy (non-hydrogen) atoms. The molecule has 1 saturated heterocycles. The van der Waals surface area contributed by atoms with Gasteiger partial charge in [0, 0.05) is 12.6 Å². The Balaban J connectivity index is 1.79. The largest absolute Gasteiger partial charge is 0.416 e. The smallest absolute Gasteiger partial charge is 0.317 e. The molecule has 1 unspecified atom stereocenters. The van der Waals surface area contributed by atoms with Crippen molar-refractivity contribution >= 4 is 5.78 Å². The number of benzene rings is 1. The molecule has 2 aromatic rings. The summed E-state index contributed by atoms with van der Waals surface area (Å²) in [5.41, 5.74) is -1.01. The van der Waals surface area contributed by atoms with Gasteiger partial charge in [0.25, 0.3) is 0 Å². The molecule has 1 N–H and O–H groups in total. The molecular formula is C20H20F4N2O. The molecule has 1 aliphatic heterocycles. The number of Topliss-reactive ketones (excluding diaryl/α,β-unsaturated/α-hetero) is 1. The van der Waals surface area contributed by atoms with Gasteiger partial charge in [-0.2, -0.15) is 13.2 Å². The topological polar surface area (TPSA) is 42.0 Å². The van der Waals surface area contributed by atoms with Crippen LogP contribution in [0.3, 0.4) is 0 Å². The summed E-state index contributed by atoms with van der Waals surface area (Å²) in [6.45, 7) is 1.25. The number of ketones is 1. The zero-order valence-electron chi connectivity index (χ0n) is 14.6. The van der Waals surface area contributed by atoms with Crippen molar-refractivity contribution < 1.29 is 22.4 Å². The van der Waals surface area contributed by atoms with Crippen LogP contribution in [0.1, 0.15) is 42.3 Å². The van der Waals surface area contributed by atoms with Gasteiger partial charge in [-0.3, -0.25) is 9.78 Å². The third kappa shape index (κ3) is 4.18. The van der Waals surface area contributed by atoms with Crippen molar-refractivity contribution in [2.45, 2.75) is 37.0 Å². The molecule has 1 aromatic carbocycles. The average Bonchev–Trinajstić information content (AvgIpc) is 2.68. The van der Waals surface area contributed by atoms with Gasteiger partial charge in [0.2, 0.25) is 0 Å². The Morgan fingerprint density at radius 2 is 1.78 bits per heavy atom. The first-order valence-electron chi connectivity index (χ1n) is 8.80. The standard InChI is InChI=1S/C20H20F4N2O/c21-16(14-4-6-15(7-5-14)20(22,23)24)13-18(27)19(8-11-25-12-9-19)17-3-1-2-10-26-17/h1-7,10,16,25H,8-9,11-13H2. The molecule has 7 heteroatoms. The maximum Gasteiger partial charge on any atom is 0.416 e. The van der Waals surface area contributed by atoms with Gasteiger partial charge in [-0.1, -0.05) is 18.2 Å². The summed E-state index contributed by atoms with van der Waals surface area (Å²) in [6, 6.07) is 9.18. The number of halogens is 4. The molecule has 1 aliphatic rings. The molecular weight excluding hydrogens is 360 g/mol. The number of nitrogens with one attached hydrogen (secondary N) is 1. The van der Waals surface area contributed by atoms with E-state index in [1.54, 1.807) is 24.4 Å². The van der Waals surface area contributed by atoms with Gasteiger partial charge in [-0.05, 0) is 55.8 Å². The van der Waals surface area contributed by atoms with E-state index in [1.807, 2.05) is 0 Å². The van der Waals surface area contributed by atoms with Crippen LogP contribution in [-0.4, -0.2) is 23.9 Å². The lowest BCUT2D eigenvalue weighted by Gasteiger charge is -2.36. The number of rotatable bonds is 5. The van der Waals surface area contributed by atoms with Crippen molar-refractivity contribution in [3.8, 4) is 0 Å². The van der Waals surface area contributed by atoms with E-state index >= 15 is 0 Å². The minimum atomic E-state index is -4.47. The zero-order valence-corrected chi connectivity index (χ0v) is 14.6. The van der Waals surface area contributed by atoms with Crippen LogP contribution in [0.2, 0.25) is 0 Å². The molecule has 0 aliphatic carbocycles. The van der Waals surface area contributed by atoms with E-state index in [0.29, 0.717) is 31.6 Å². The summed E-state index contributed by atoms with van der Waals surface area (Å²) in [4.78, 5) is 17.4. The molecule has 0 radical (unpaired) electrons. The lowest BCUT2D eigenvalue weighted by atomic mass is 9.71. The summed E-state index contributed by atoms with van der Waals surface area (Å²) < 4.78 is 52.7. The van der Waals surface area contributed by atoms with Gasteiger partial charge in [0.15, 0.2) is 0 Å². The van der Waals surface area contributed by atoms with Crippen LogP contribution in [0.4, 0.5) is 17.6 Å². The first kappa shape index (κ1) is 19.5. The first-order chi connectivity index (χ1) is 12.8. The summed E-state index contributed by atoms with van der Waals surface area (Å²) in [5, 5.41) is 3.19. The number of carbonyl (C=O) groups excluding carboxylic acids is 1. The Labute approximate surface area is 154 Å². The molecule has 1 atom stereocenters. The quantitative estimate of drug-likeness (QED) is 0.783. The third-order valence-corrected chi connectivity index (χ3v) is 5.11. The summed E-state index contributed by atoms with van der Waals surface area (Å²) >= 11 is 0. The van der Waals surface area contributed by atoms with Crippen molar-refractivity contribution in [3.63, 3.8) is 0 Å². The SMILES string of the molecule is O=C(CC(F)c1ccc(C(F)(F)F)cc1)C1(c2ccccn2)CCNCC1. The number of piperidine rings is 1. The second kappa shape index (κ2) is 7.76. The predicted octanol–water partition coefficient (Wildman–Crippen LogP) is 4.39. The number of hydrogen-bond donors (Lipinski definition) is 1. The van der Waals surface area contributed by atoms with E-state index in [9.17, 15) is 22.4 Å². The lowest BCUT2D eigenvalue weighted by molar-refractivity contribution is -0.137. The van der Waals surface area contributed by atoms with Gasteiger partial charge in [0.1, 0.15) is 12.0 Å². The van der Waals surface area contributed by atoms with E-state index < -0.39 is 23.3 Å². The highest BCUT2D eigenvalue weighted by atomic mass is 19.4. The summed E-state index contributed by atoms with van der Waals surface area (Å²) in [6.07, 6.45) is -3.88. The summed E-state index contributed by atoms with van der Waals surface area (Å²) in [5.74, 6) is -0.268. The highest BCUT2D eigenvalue weighted by molar-refractivity contribution is 5.90. The Hall–Kier alpha value is -2.28. The number of hydrogen-bond acceptors (Lipinski definition) is 3. The predicted molar refractivity (Wildman–Crippen MR) is 92.9 cm³/mol. The second-order valence-corrected chi connectivity index (χ2v) is 6.76. The molecule has 1 aromatic heterocycles. The molecule has 0 bridgehead atoms. The molecule has 144 valence electrons. The van der Waals surface area contributed by atoms with E-state index in [-0.39, 0.29) is 17.8 Å². The number of carbonyl (C=O) groups is 1. The van der Waals surface area contributed by atoms with E-state index in [2.05, 4.69) is 10.3 Å². The van der Waals surface area contributed by atoms with Crippen LogP contribution in [0.15, 0.2) is 48.7 Å². The first-order valence-corrected chi connectivity index (χ1v) is 8.80. The van der Waals surface area contributed by atoms with E-state index in [1.165, 1.54) is 0 Å². The third-order valence-electron chi connectivity index (χ3n) is 5.11. The highest BCUT2D eigenvalue weighted by Crippen LogP contribution is 2.37. The molecule has 3 rings (SSSR count). The van der Waals surface area contributed by atoms with E-state index in [0.717, 1.165) is 24.3 Å². The molecule has 3 nitrogen and oxygen atoms in total. The van der Waals surface area contributed by atoms with Gasteiger partial charge < -0.3 is 5.32 Å². The Morgan fingerprint density at radius 3 is 2.33 bits per heavy atom. The van der Waals surface area contributed by atoms with Crippen LogP contribution >= 0.6 is 0 Å². The van der Waals surface area contributed by atoms with Crippen LogP contribution in [0.25, 0.3) is 0 Å². The molecule has 1 fully saturated rings. The lowest BCUT2D eigenvalue weighted by Crippen LogP contribution is -2.46. The van der Waals surface area contributed by atoms with Crippen LogP contribution in [-0.2, 0) is 16.4 Å². The van der Waals surface area contributed by atoms with Crippen molar-refractivity contribution in [1.82, 2.24) is 10.3 Å². The van der Waals surface area contributed by atoms with Gasteiger partial charge in [-0.25, -0.2) is 4.39 Å². The monoisotopic (exact) mass is 380 g/mol. The van der Waals surface area contributed by atoms with Gasteiger partial charge in [0.05, 0.1) is 16.7 Å². The van der Waals surface area contributed by atoms with Crippen molar-refractivity contribution in [1.29, 1.82) is 0 Å². The normalized spacial score (nSPS) is 18.1. The highest BCUT2D eigenvalue weighted by Gasteiger charge is 2.42. The molecule has 0 amide bonds. The Kier molecular flexibility index (Phi) is 5.60. The van der Waals surface area contributed by atoms with Gasteiger partial charge >= 0.3 is 6.18 Å². The molecule has 0 saturated carbocycles. The molecule has 0 spiro atoms. The minimum Gasteiger partial charge on any atom is -0.317 e. The number of aromatic nitrogens is 1. The maximum atomic E-state index is 14.7. The van der Waals surface area contributed by atoms with Crippen LogP contribution < -0.4 is 5.32 Å². The average molecular weight is 380 g/mol. The number of alkyl halides is 4. The maximum absolute atomic E-state index is 14.7. The number of nitrogens with zero attached hydrogens (tertiary/aromatic N) is 1. The zero-order chi connectivity index (χ0) is 19.5.